The van der Waals surface area contributed by atoms with Crippen LogP contribution >= 0.6 is 11.8 Å². The van der Waals surface area contributed by atoms with Crippen LogP contribution in [0.2, 0.25) is 0 Å². The van der Waals surface area contributed by atoms with E-state index in [1.807, 2.05) is 0 Å². The van der Waals surface area contributed by atoms with Gasteiger partial charge < -0.3 is 22.9 Å². The summed E-state index contributed by atoms with van der Waals surface area (Å²) in [5.41, 5.74) is 3.58. The van der Waals surface area contributed by atoms with E-state index in [0.717, 1.165) is 5.75 Å². The van der Waals surface area contributed by atoms with E-state index in [9.17, 15) is 4.79 Å². The van der Waals surface area contributed by atoms with Gasteiger partial charge in [0.05, 0.1) is 5.75 Å². The van der Waals surface area contributed by atoms with Gasteiger partial charge in [0.15, 0.2) is 6.04 Å². The highest BCUT2D eigenvalue weighted by atomic mass is 35.5. The second-order valence-electron chi connectivity index (χ2n) is 1.65. The maximum absolute atomic E-state index is 10.5. The topological polar surface area (TPSA) is 53.9 Å². The van der Waals surface area contributed by atoms with Crippen molar-refractivity contribution in [1.29, 1.82) is 0 Å². The quantitative estimate of drug-likeness (QED) is 0.375. The summed E-state index contributed by atoms with van der Waals surface area (Å²) >= 11 is 1.60. The van der Waals surface area contributed by atoms with Gasteiger partial charge in [-0.2, -0.15) is 0 Å². The van der Waals surface area contributed by atoms with E-state index in [2.05, 4.69) is 10.5 Å². The summed E-state index contributed by atoms with van der Waals surface area (Å²) in [6.07, 6.45) is 0. The predicted octanol–water partition coefficient (Wildman–Crippen LogP) is -4.15. The van der Waals surface area contributed by atoms with Gasteiger partial charge in [0.2, 0.25) is 0 Å². The second kappa shape index (κ2) is 3.98. The number of ether oxygens (including phenoxy) is 1. The van der Waals surface area contributed by atoms with E-state index >= 15 is 0 Å². The molecule has 1 rings (SSSR count). The van der Waals surface area contributed by atoms with Crippen molar-refractivity contribution in [1.82, 2.24) is 0 Å². The van der Waals surface area contributed by atoms with E-state index in [4.69, 9.17) is 0 Å². The van der Waals surface area contributed by atoms with Crippen LogP contribution in [0.4, 0.5) is 0 Å². The van der Waals surface area contributed by atoms with E-state index in [-0.39, 0.29) is 24.4 Å². The zero-order valence-corrected chi connectivity index (χ0v) is 6.37. The number of carbonyl (C=O) groups is 1. The Morgan fingerprint density at radius 2 is 2.44 bits per heavy atom. The number of quaternary nitrogens is 1. The van der Waals surface area contributed by atoms with Crippen LogP contribution in [0.1, 0.15) is 0 Å². The highest BCUT2D eigenvalue weighted by Crippen LogP contribution is 2.08. The zero-order valence-electron chi connectivity index (χ0n) is 4.80. The number of thioether (sulfide) groups is 1. The molecular formula is C4H8ClNO2S. The van der Waals surface area contributed by atoms with Gasteiger partial charge in [-0.1, -0.05) is 0 Å². The van der Waals surface area contributed by atoms with E-state index in [1.54, 1.807) is 11.8 Å². The average Bonchev–Trinajstić information content (AvgIpc) is 1.77. The summed E-state index contributed by atoms with van der Waals surface area (Å²) in [5, 5.41) is 0. The summed E-state index contributed by atoms with van der Waals surface area (Å²) in [4.78, 5) is 10.5. The highest BCUT2D eigenvalue weighted by Gasteiger charge is 2.22. The minimum Gasteiger partial charge on any atom is -1.00 e. The first-order valence-electron chi connectivity index (χ1n) is 2.38. The summed E-state index contributed by atoms with van der Waals surface area (Å²) in [6.45, 7) is 0. The molecule has 1 aliphatic rings. The number of cyclic esters (lactones) is 1. The standard InChI is InChI=1S/C4H7NO2S.ClH/c5-3-1-8-2-7-4(3)6;/h3H,1-2,5H2;1H/t3-;/m1./s1. The molecule has 1 aliphatic heterocycles. The van der Waals surface area contributed by atoms with Gasteiger partial charge in [-0.25, -0.2) is 4.79 Å². The Kier molecular flexibility index (Phi) is 4.01. The predicted molar refractivity (Wildman–Crippen MR) is 30.1 cm³/mol. The first-order valence-corrected chi connectivity index (χ1v) is 3.53. The van der Waals surface area contributed by atoms with E-state index in [1.165, 1.54) is 0 Å². The number of hydrogen-bond donors (Lipinski definition) is 1. The molecule has 1 saturated heterocycles. The van der Waals surface area contributed by atoms with Crippen LogP contribution in [0.25, 0.3) is 0 Å². The third-order valence-corrected chi connectivity index (χ3v) is 1.86. The van der Waals surface area contributed by atoms with Gasteiger partial charge in [-0.05, 0) is 0 Å². The molecule has 5 heteroatoms. The van der Waals surface area contributed by atoms with Crippen LogP contribution < -0.4 is 18.1 Å². The molecule has 1 heterocycles. The molecule has 0 unspecified atom stereocenters. The molecule has 0 amide bonds. The molecular weight excluding hydrogens is 162 g/mol. The normalized spacial score (nSPS) is 26.3. The maximum Gasteiger partial charge on any atom is 0.366 e. The Bertz CT molecular complexity index is 111. The molecule has 0 radical (unpaired) electrons. The van der Waals surface area contributed by atoms with E-state index < -0.39 is 0 Å². The lowest BCUT2D eigenvalue weighted by atomic mass is 10.4. The molecule has 1 fully saturated rings. The molecule has 3 N–H and O–H groups in total. The number of esters is 1. The fourth-order valence-corrected chi connectivity index (χ4v) is 1.19. The Morgan fingerprint density at radius 1 is 1.78 bits per heavy atom. The fourth-order valence-electron chi connectivity index (χ4n) is 0.476. The summed E-state index contributed by atoms with van der Waals surface area (Å²) in [7, 11) is 0. The van der Waals surface area contributed by atoms with Crippen LogP contribution in [0, 0.1) is 0 Å². The smallest absolute Gasteiger partial charge is 0.366 e. The third kappa shape index (κ3) is 2.43. The molecule has 0 aromatic carbocycles. The average molecular weight is 170 g/mol. The zero-order chi connectivity index (χ0) is 5.98. The van der Waals surface area contributed by atoms with Crippen LogP contribution in [0.15, 0.2) is 0 Å². The molecule has 0 aliphatic carbocycles. The van der Waals surface area contributed by atoms with Crippen LogP contribution in [-0.2, 0) is 9.53 Å². The second-order valence-corrected chi connectivity index (χ2v) is 2.63. The van der Waals surface area contributed by atoms with Crippen molar-refractivity contribution in [3.63, 3.8) is 0 Å². The molecule has 0 bridgehead atoms. The van der Waals surface area contributed by atoms with Crippen LogP contribution in [0.5, 0.6) is 0 Å². The molecule has 9 heavy (non-hydrogen) atoms. The summed E-state index contributed by atoms with van der Waals surface area (Å²) in [5.74, 6) is 1.15. The molecule has 54 valence electrons. The molecule has 0 aromatic heterocycles. The molecule has 1 atom stereocenters. The van der Waals surface area contributed by atoms with Crippen molar-refractivity contribution >= 4 is 17.7 Å². The molecule has 3 nitrogen and oxygen atoms in total. The van der Waals surface area contributed by atoms with Gasteiger partial charge in [0.25, 0.3) is 0 Å². The van der Waals surface area contributed by atoms with Gasteiger partial charge in [-0.15, -0.1) is 11.8 Å². The third-order valence-electron chi connectivity index (χ3n) is 0.937. The first-order chi connectivity index (χ1) is 3.80. The Hall–Kier alpha value is 0.0700. The Balaban J connectivity index is 0.000000640. The lowest BCUT2D eigenvalue weighted by Crippen LogP contribution is -3.00. The number of halogens is 1. The number of carbonyl (C=O) groups excluding carboxylic acids is 1. The maximum atomic E-state index is 10.5. The lowest BCUT2D eigenvalue weighted by Gasteiger charge is -2.12. The van der Waals surface area contributed by atoms with Crippen LogP contribution in [0.3, 0.4) is 0 Å². The van der Waals surface area contributed by atoms with Crippen molar-refractivity contribution in [3.8, 4) is 0 Å². The van der Waals surface area contributed by atoms with E-state index in [0.29, 0.717) is 5.94 Å². The van der Waals surface area contributed by atoms with Crippen molar-refractivity contribution < 1.29 is 27.7 Å². The monoisotopic (exact) mass is 169 g/mol. The summed E-state index contributed by atoms with van der Waals surface area (Å²) in [6, 6.07) is -0.145. The molecule has 0 saturated carbocycles. The molecule has 0 spiro atoms. The van der Waals surface area contributed by atoms with Crippen LogP contribution in [-0.4, -0.2) is 23.7 Å². The van der Waals surface area contributed by atoms with Crippen molar-refractivity contribution in [3.05, 3.63) is 0 Å². The van der Waals surface area contributed by atoms with Gasteiger partial charge >= 0.3 is 5.97 Å². The fraction of sp³-hybridized carbons (Fsp3) is 0.750. The van der Waals surface area contributed by atoms with Crippen molar-refractivity contribution in [2.24, 2.45) is 0 Å². The minimum atomic E-state index is -0.163. The van der Waals surface area contributed by atoms with Gasteiger partial charge in [0.1, 0.15) is 5.94 Å². The first kappa shape index (κ1) is 9.07. The highest BCUT2D eigenvalue weighted by molar-refractivity contribution is 7.99. The minimum absolute atomic E-state index is 0. The largest absolute Gasteiger partial charge is 1.00 e. The van der Waals surface area contributed by atoms with Crippen molar-refractivity contribution in [2.45, 2.75) is 6.04 Å². The molecule has 0 aromatic rings. The summed E-state index contributed by atoms with van der Waals surface area (Å²) < 4.78 is 4.65. The Labute approximate surface area is 63.7 Å². The lowest BCUT2D eigenvalue weighted by molar-refractivity contribution is -0.401. The van der Waals surface area contributed by atoms with Gasteiger partial charge in [-0.3, -0.25) is 0 Å². The number of hydrogen-bond acceptors (Lipinski definition) is 3. The van der Waals surface area contributed by atoms with Gasteiger partial charge in [0, 0.05) is 0 Å². The Morgan fingerprint density at radius 3 is 2.78 bits per heavy atom. The SMILES string of the molecule is [Cl-].[NH3+][C@@H]1CSCOC1=O. The van der Waals surface area contributed by atoms with Crippen molar-refractivity contribution in [2.75, 3.05) is 11.7 Å². The number of rotatable bonds is 0.